The molecule has 1 aliphatic heterocycles. The molecule has 2 aromatic heterocycles. The standard InChI is InChI=1S/C28H19N2O2P/c31-33(22-9-2-1-3-10-22)27-14-5-4-13-25(27)32-26-16-15-20(18-28(26)33)23-11-6-12-24(30-23)21-8-7-17-29-19-21/h1-19H. The van der Waals surface area contributed by atoms with Crippen LogP contribution in [0.5, 0.6) is 11.5 Å². The lowest BCUT2D eigenvalue weighted by Crippen LogP contribution is -2.30. The van der Waals surface area contributed by atoms with Gasteiger partial charge in [-0.1, -0.05) is 48.5 Å². The highest BCUT2D eigenvalue weighted by atomic mass is 31.2. The van der Waals surface area contributed by atoms with Crippen molar-refractivity contribution in [3.63, 3.8) is 0 Å². The first kappa shape index (κ1) is 19.7. The highest BCUT2D eigenvalue weighted by molar-refractivity contribution is 7.85. The van der Waals surface area contributed by atoms with E-state index in [1.807, 2.05) is 103 Å². The molecule has 1 aliphatic rings. The summed E-state index contributed by atoms with van der Waals surface area (Å²) in [5.74, 6) is 1.26. The molecule has 0 bridgehead atoms. The van der Waals surface area contributed by atoms with Crippen molar-refractivity contribution in [2.45, 2.75) is 0 Å². The molecule has 3 heterocycles. The fourth-order valence-corrected chi connectivity index (χ4v) is 7.13. The van der Waals surface area contributed by atoms with Crippen LogP contribution in [0.3, 0.4) is 0 Å². The number of aromatic nitrogens is 2. The van der Waals surface area contributed by atoms with Gasteiger partial charge in [-0.15, -0.1) is 0 Å². The number of rotatable bonds is 3. The van der Waals surface area contributed by atoms with E-state index in [1.165, 1.54) is 0 Å². The summed E-state index contributed by atoms with van der Waals surface area (Å²) in [5, 5.41) is 2.20. The lowest BCUT2D eigenvalue weighted by Gasteiger charge is -2.29. The monoisotopic (exact) mass is 446 g/mol. The van der Waals surface area contributed by atoms with Gasteiger partial charge in [-0.05, 0) is 54.6 Å². The molecule has 3 aromatic carbocycles. The molecule has 0 amide bonds. The number of para-hydroxylation sites is 1. The Labute approximate surface area is 191 Å². The van der Waals surface area contributed by atoms with Crippen molar-refractivity contribution in [2.24, 2.45) is 0 Å². The second-order valence-electron chi connectivity index (χ2n) is 7.85. The summed E-state index contributed by atoms with van der Waals surface area (Å²) in [7, 11) is -3.13. The lowest BCUT2D eigenvalue weighted by molar-refractivity contribution is 0.485. The first-order chi connectivity index (χ1) is 16.2. The SMILES string of the molecule is O=P1(c2ccccc2)c2ccccc2Oc2ccc(-c3cccc(-c4cccnc4)n3)cc21. The zero-order valence-corrected chi connectivity index (χ0v) is 18.5. The van der Waals surface area contributed by atoms with Crippen LogP contribution in [-0.2, 0) is 4.57 Å². The molecule has 1 atom stereocenters. The molecule has 158 valence electrons. The van der Waals surface area contributed by atoms with E-state index in [9.17, 15) is 4.57 Å². The van der Waals surface area contributed by atoms with Gasteiger partial charge in [0.15, 0.2) is 7.14 Å². The zero-order valence-electron chi connectivity index (χ0n) is 17.6. The van der Waals surface area contributed by atoms with Gasteiger partial charge in [0.1, 0.15) is 11.5 Å². The maximum atomic E-state index is 14.8. The predicted molar refractivity (Wildman–Crippen MR) is 132 cm³/mol. The van der Waals surface area contributed by atoms with Gasteiger partial charge in [0.05, 0.1) is 22.0 Å². The molecule has 0 fully saturated rings. The molecule has 0 radical (unpaired) electrons. The quantitative estimate of drug-likeness (QED) is 0.334. The summed E-state index contributed by atoms with van der Waals surface area (Å²) in [4.78, 5) is 9.06. The molecule has 0 saturated carbocycles. The predicted octanol–water partition coefficient (Wildman–Crippen LogP) is 5.56. The number of hydrogen-bond donors (Lipinski definition) is 0. The van der Waals surface area contributed by atoms with Crippen LogP contribution in [0.15, 0.2) is 116 Å². The molecule has 33 heavy (non-hydrogen) atoms. The number of nitrogens with zero attached hydrogens (tertiary/aromatic N) is 2. The Morgan fingerprint density at radius 3 is 2.21 bits per heavy atom. The van der Waals surface area contributed by atoms with Crippen molar-refractivity contribution in [1.29, 1.82) is 0 Å². The Balaban J connectivity index is 1.54. The summed E-state index contributed by atoms with van der Waals surface area (Å²) in [6.45, 7) is 0. The van der Waals surface area contributed by atoms with Gasteiger partial charge in [-0.25, -0.2) is 4.98 Å². The van der Waals surface area contributed by atoms with Gasteiger partial charge in [-0.3, -0.25) is 4.98 Å². The van der Waals surface area contributed by atoms with Crippen LogP contribution in [0.2, 0.25) is 0 Å². The molecule has 0 saturated heterocycles. The molecule has 0 spiro atoms. The van der Waals surface area contributed by atoms with E-state index in [1.54, 1.807) is 12.4 Å². The van der Waals surface area contributed by atoms with Crippen LogP contribution in [0, 0.1) is 0 Å². The van der Waals surface area contributed by atoms with E-state index in [2.05, 4.69) is 4.98 Å². The summed E-state index contributed by atoms with van der Waals surface area (Å²) in [6, 6.07) is 32.9. The average molecular weight is 446 g/mol. The van der Waals surface area contributed by atoms with Crippen LogP contribution >= 0.6 is 7.14 Å². The Morgan fingerprint density at radius 1 is 0.636 bits per heavy atom. The maximum absolute atomic E-state index is 14.8. The molecule has 1 unspecified atom stereocenters. The van der Waals surface area contributed by atoms with E-state index in [0.717, 1.165) is 33.1 Å². The van der Waals surface area contributed by atoms with Crippen molar-refractivity contribution in [1.82, 2.24) is 9.97 Å². The van der Waals surface area contributed by atoms with Gasteiger partial charge in [0.25, 0.3) is 0 Å². The smallest absolute Gasteiger partial charge is 0.178 e. The summed E-state index contributed by atoms with van der Waals surface area (Å²) >= 11 is 0. The normalized spacial score (nSPS) is 16.4. The highest BCUT2D eigenvalue weighted by Crippen LogP contribution is 2.51. The number of benzene rings is 3. The molecular weight excluding hydrogens is 427 g/mol. The Bertz CT molecular complexity index is 1520. The number of ether oxygens (including phenoxy) is 1. The van der Waals surface area contributed by atoms with E-state index >= 15 is 0 Å². The zero-order chi connectivity index (χ0) is 22.3. The minimum absolute atomic E-state index is 0.619. The van der Waals surface area contributed by atoms with Gasteiger partial charge >= 0.3 is 0 Å². The molecule has 5 heteroatoms. The first-order valence-corrected chi connectivity index (χ1v) is 12.4. The van der Waals surface area contributed by atoms with Crippen molar-refractivity contribution in [3.05, 3.63) is 116 Å². The van der Waals surface area contributed by atoms with Crippen LogP contribution in [0.25, 0.3) is 22.5 Å². The van der Waals surface area contributed by atoms with Crippen LogP contribution < -0.4 is 20.7 Å². The fraction of sp³-hybridized carbons (Fsp3) is 0. The van der Waals surface area contributed by atoms with Crippen LogP contribution in [-0.4, -0.2) is 9.97 Å². The number of pyridine rings is 2. The molecule has 6 rings (SSSR count). The van der Waals surface area contributed by atoms with Crippen LogP contribution in [0.1, 0.15) is 0 Å². The minimum atomic E-state index is -3.13. The minimum Gasteiger partial charge on any atom is -0.456 e. The first-order valence-electron chi connectivity index (χ1n) is 10.7. The second-order valence-corrected chi connectivity index (χ2v) is 10.5. The average Bonchev–Trinajstić information content (AvgIpc) is 2.90. The highest BCUT2D eigenvalue weighted by Gasteiger charge is 2.39. The largest absolute Gasteiger partial charge is 0.456 e. The summed E-state index contributed by atoms with van der Waals surface area (Å²) < 4.78 is 21.0. The van der Waals surface area contributed by atoms with E-state index < -0.39 is 7.14 Å². The Morgan fingerprint density at radius 2 is 1.39 bits per heavy atom. The third-order valence-corrected chi connectivity index (χ3v) is 8.95. The molecule has 0 aliphatic carbocycles. The molecule has 5 aromatic rings. The van der Waals surface area contributed by atoms with Crippen LogP contribution in [0.4, 0.5) is 0 Å². The fourth-order valence-electron chi connectivity index (χ4n) is 4.25. The summed E-state index contributed by atoms with van der Waals surface area (Å²) in [6.07, 6.45) is 3.54. The van der Waals surface area contributed by atoms with Crippen molar-refractivity contribution in [3.8, 4) is 34.0 Å². The van der Waals surface area contributed by atoms with Gasteiger partial charge in [-0.2, -0.15) is 0 Å². The third-order valence-electron chi connectivity index (χ3n) is 5.84. The Hall–Kier alpha value is -4.01. The summed E-state index contributed by atoms with van der Waals surface area (Å²) in [5.41, 5.74) is 3.48. The van der Waals surface area contributed by atoms with Crippen molar-refractivity contribution < 1.29 is 9.30 Å². The molecule has 0 N–H and O–H groups in total. The number of fused-ring (bicyclic) bond motifs is 2. The van der Waals surface area contributed by atoms with Gasteiger partial charge in [0.2, 0.25) is 0 Å². The van der Waals surface area contributed by atoms with Gasteiger partial charge in [0, 0.05) is 28.8 Å². The van der Waals surface area contributed by atoms with Gasteiger partial charge < -0.3 is 9.30 Å². The molecule has 4 nitrogen and oxygen atoms in total. The number of hydrogen-bond acceptors (Lipinski definition) is 4. The van der Waals surface area contributed by atoms with E-state index in [-0.39, 0.29) is 0 Å². The van der Waals surface area contributed by atoms with Crippen molar-refractivity contribution in [2.75, 3.05) is 0 Å². The lowest BCUT2D eigenvalue weighted by atomic mass is 10.1. The molecular formula is C28H19N2O2P. The van der Waals surface area contributed by atoms with E-state index in [4.69, 9.17) is 9.72 Å². The Kier molecular flexibility index (Phi) is 4.67. The third kappa shape index (κ3) is 3.27. The second kappa shape index (κ2) is 7.84. The topological polar surface area (TPSA) is 52.1 Å². The van der Waals surface area contributed by atoms with Crippen molar-refractivity contribution >= 4 is 23.1 Å². The maximum Gasteiger partial charge on any atom is 0.178 e. The van der Waals surface area contributed by atoms with E-state index in [0.29, 0.717) is 16.8 Å².